The summed E-state index contributed by atoms with van der Waals surface area (Å²) in [6.07, 6.45) is 1.87. The molecule has 1 N–H and O–H groups in total. The van der Waals surface area contributed by atoms with Gasteiger partial charge in [-0.15, -0.1) is 5.10 Å². The van der Waals surface area contributed by atoms with Gasteiger partial charge in [0.1, 0.15) is 0 Å². The SMILES string of the molecule is COCCNCc1cn(Cc2c(Cl)cccc2Cl)nn1. The molecule has 1 aromatic heterocycles. The smallest absolute Gasteiger partial charge is 0.0964 e. The van der Waals surface area contributed by atoms with Crippen LogP contribution >= 0.6 is 23.2 Å². The van der Waals surface area contributed by atoms with Gasteiger partial charge < -0.3 is 10.1 Å². The predicted octanol–water partition coefficient (Wildman–Crippen LogP) is 2.37. The Morgan fingerprint density at radius 2 is 2.05 bits per heavy atom. The number of rotatable bonds is 7. The molecule has 1 aromatic carbocycles. The van der Waals surface area contributed by atoms with Gasteiger partial charge in [0.25, 0.3) is 0 Å². The fourth-order valence-corrected chi connectivity index (χ4v) is 2.25. The quantitative estimate of drug-likeness (QED) is 0.797. The molecule has 0 fully saturated rings. The zero-order valence-electron chi connectivity index (χ0n) is 11.1. The van der Waals surface area contributed by atoms with Crippen LogP contribution in [-0.4, -0.2) is 35.3 Å². The molecule has 0 spiro atoms. The molecule has 2 rings (SSSR count). The highest BCUT2D eigenvalue weighted by Crippen LogP contribution is 2.24. The lowest BCUT2D eigenvalue weighted by Crippen LogP contribution is -2.18. The molecular formula is C13H16Cl2N4O. The van der Waals surface area contributed by atoms with E-state index in [4.69, 9.17) is 27.9 Å². The van der Waals surface area contributed by atoms with E-state index in [-0.39, 0.29) is 0 Å². The lowest BCUT2D eigenvalue weighted by atomic mass is 10.2. The number of halogens is 2. The van der Waals surface area contributed by atoms with E-state index in [1.165, 1.54) is 0 Å². The topological polar surface area (TPSA) is 52.0 Å². The van der Waals surface area contributed by atoms with Crippen molar-refractivity contribution in [3.8, 4) is 0 Å². The third-order valence-corrected chi connectivity index (χ3v) is 3.47. The second-order valence-electron chi connectivity index (χ2n) is 4.28. The second kappa shape index (κ2) is 7.59. The Morgan fingerprint density at radius 1 is 1.30 bits per heavy atom. The summed E-state index contributed by atoms with van der Waals surface area (Å²) >= 11 is 12.3. The molecule has 2 aromatic rings. The summed E-state index contributed by atoms with van der Waals surface area (Å²) in [4.78, 5) is 0. The molecule has 0 aliphatic heterocycles. The van der Waals surface area contributed by atoms with Crippen LogP contribution in [0.2, 0.25) is 10.0 Å². The minimum Gasteiger partial charge on any atom is -0.383 e. The fraction of sp³-hybridized carbons (Fsp3) is 0.385. The van der Waals surface area contributed by atoms with Crippen molar-refractivity contribution in [2.24, 2.45) is 0 Å². The van der Waals surface area contributed by atoms with Crippen molar-refractivity contribution in [3.63, 3.8) is 0 Å². The maximum absolute atomic E-state index is 6.13. The summed E-state index contributed by atoms with van der Waals surface area (Å²) < 4.78 is 6.68. The van der Waals surface area contributed by atoms with E-state index in [1.807, 2.05) is 24.4 Å². The van der Waals surface area contributed by atoms with Crippen LogP contribution in [0.25, 0.3) is 0 Å². The van der Waals surface area contributed by atoms with E-state index in [1.54, 1.807) is 11.8 Å². The van der Waals surface area contributed by atoms with Gasteiger partial charge in [-0.1, -0.05) is 34.5 Å². The highest BCUT2D eigenvalue weighted by Gasteiger charge is 2.08. The molecular weight excluding hydrogens is 299 g/mol. The van der Waals surface area contributed by atoms with Crippen LogP contribution in [0.5, 0.6) is 0 Å². The average Bonchev–Trinajstić information content (AvgIpc) is 2.87. The largest absolute Gasteiger partial charge is 0.383 e. The van der Waals surface area contributed by atoms with Gasteiger partial charge in [-0.05, 0) is 12.1 Å². The van der Waals surface area contributed by atoms with Crippen LogP contribution in [0.3, 0.4) is 0 Å². The summed E-state index contributed by atoms with van der Waals surface area (Å²) in [6, 6.07) is 5.44. The summed E-state index contributed by atoms with van der Waals surface area (Å²) in [5.41, 5.74) is 1.71. The number of hydrogen-bond acceptors (Lipinski definition) is 4. The molecule has 0 saturated heterocycles. The number of aromatic nitrogens is 3. The molecule has 108 valence electrons. The van der Waals surface area contributed by atoms with Gasteiger partial charge in [-0.2, -0.15) is 0 Å². The lowest BCUT2D eigenvalue weighted by molar-refractivity contribution is 0.199. The first-order valence-corrected chi connectivity index (χ1v) is 6.98. The molecule has 1 heterocycles. The highest BCUT2D eigenvalue weighted by atomic mass is 35.5. The van der Waals surface area contributed by atoms with Crippen molar-refractivity contribution in [2.45, 2.75) is 13.1 Å². The number of hydrogen-bond donors (Lipinski definition) is 1. The standard InChI is InChI=1S/C13H16Cl2N4O/c1-20-6-5-16-7-10-8-19(18-17-10)9-11-12(14)3-2-4-13(11)15/h2-4,8,16H,5-7,9H2,1H3. The van der Waals surface area contributed by atoms with Gasteiger partial charge in [0.2, 0.25) is 0 Å². The Balaban J connectivity index is 1.96. The van der Waals surface area contributed by atoms with E-state index >= 15 is 0 Å². The van der Waals surface area contributed by atoms with Crippen molar-refractivity contribution in [2.75, 3.05) is 20.3 Å². The van der Waals surface area contributed by atoms with E-state index in [0.29, 0.717) is 29.7 Å². The number of methoxy groups -OCH3 is 1. The van der Waals surface area contributed by atoms with Crippen LogP contribution in [0.1, 0.15) is 11.3 Å². The van der Waals surface area contributed by atoms with Crippen LogP contribution in [0, 0.1) is 0 Å². The highest BCUT2D eigenvalue weighted by molar-refractivity contribution is 6.35. The molecule has 5 nitrogen and oxygen atoms in total. The number of nitrogens with one attached hydrogen (secondary N) is 1. The number of ether oxygens (including phenoxy) is 1. The number of nitrogens with zero attached hydrogens (tertiary/aromatic N) is 3. The fourth-order valence-electron chi connectivity index (χ4n) is 1.73. The van der Waals surface area contributed by atoms with Gasteiger partial charge in [-0.25, -0.2) is 4.68 Å². The normalized spacial score (nSPS) is 10.9. The number of benzene rings is 1. The van der Waals surface area contributed by atoms with E-state index < -0.39 is 0 Å². The van der Waals surface area contributed by atoms with Crippen molar-refractivity contribution in [1.29, 1.82) is 0 Å². The molecule has 0 radical (unpaired) electrons. The minimum absolute atomic E-state index is 0.504. The van der Waals surface area contributed by atoms with Crippen molar-refractivity contribution < 1.29 is 4.74 Å². The van der Waals surface area contributed by atoms with Crippen LogP contribution in [0.15, 0.2) is 24.4 Å². The Morgan fingerprint density at radius 3 is 2.75 bits per heavy atom. The monoisotopic (exact) mass is 314 g/mol. The van der Waals surface area contributed by atoms with Gasteiger partial charge in [-0.3, -0.25) is 0 Å². The summed E-state index contributed by atoms with van der Waals surface area (Å²) in [5.74, 6) is 0. The summed E-state index contributed by atoms with van der Waals surface area (Å²) in [5, 5.41) is 12.6. The second-order valence-corrected chi connectivity index (χ2v) is 5.09. The summed E-state index contributed by atoms with van der Waals surface area (Å²) in [6.45, 7) is 2.60. The zero-order chi connectivity index (χ0) is 14.4. The first kappa shape index (κ1) is 15.3. The third-order valence-electron chi connectivity index (χ3n) is 2.76. The van der Waals surface area contributed by atoms with Crippen LogP contribution < -0.4 is 5.32 Å². The summed E-state index contributed by atoms with van der Waals surface area (Å²) in [7, 11) is 1.67. The average molecular weight is 315 g/mol. The van der Waals surface area contributed by atoms with E-state index in [0.717, 1.165) is 17.8 Å². The van der Waals surface area contributed by atoms with Crippen molar-refractivity contribution in [1.82, 2.24) is 20.3 Å². The molecule has 0 unspecified atom stereocenters. The molecule has 0 saturated carbocycles. The van der Waals surface area contributed by atoms with Gasteiger partial charge >= 0.3 is 0 Å². The Hall–Kier alpha value is -1.14. The maximum atomic E-state index is 6.13. The Kier molecular flexibility index (Phi) is 5.79. The van der Waals surface area contributed by atoms with Crippen LogP contribution in [0.4, 0.5) is 0 Å². The maximum Gasteiger partial charge on any atom is 0.0964 e. The van der Waals surface area contributed by atoms with Crippen LogP contribution in [-0.2, 0) is 17.8 Å². The van der Waals surface area contributed by atoms with Gasteiger partial charge in [0.05, 0.1) is 25.0 Å². The first-order valence-electron chi connectivity index (χ1n) is 6.22. The molecule has 0 bridgehead atoms. The van der Waals surface area contributed by atoms with Crippen molar-refractivity contribution >= 4 is 23.2 Å². The van der Waals surface area contributed by atoms with E-state index in [2.05, 4.69) is 15.6 Å². The third kappa shape index (κ3) is 4.18. The molecule has 0 atom stereocenters. The molecule has 7 heteroatoms. The van der Waals surface area contributed by atoms with E-state index in [9.17, 15) is 0 Å². The molecule has 0 aliphatic rings. The Labute approximate surface area is 127 Å². The lowest BCUT2D eigenvalue weighted by Gasteiger charge is -2.05. The minimum atomic E-state index is 0.504. The predicted molar refractivity (Wildman–Crippen MR) is 79.2 cm³/mol. The van der Waals surface area contributed by atoms with Gasteiger partial charge in [0, 0.05) is 35.8 Å². The molecule has 20 heavy (non-hydrogen) atoms. The van der Waals surface area contributed by atoms with Crippen molar-refractivity contribution in [3.05, 3.63) is 45.7 Å². The first-order chi connectivity index (χ1) is 9.70. The molecule has 0 aliphatic carbocycles. The molecule has 0 amide bonds. The van der Waals surface area contributed by atoms with Gasteiger partial charge in [0.15, 0.2) is 0 Å². The Bertz CT molecular complexity index is 539. The zero-order valence-corrected chi connectivity index (χ0v) is 12.7.